The molecule has 0 saturated carbocycles. The van der Waals surface area contributed by atoms with Gasteiger partial charge < -0.3 is 25.4 Å². The van der Waals surface area contributed by atoms with Crippen molar-refractivity contribution < 1.29 is 14.3 Å². The van der Waals surface area contributed by atoms with Gasteiger partial charge in [-0.25, -0.2) is 4.98 Å². The average Bonchev–Trinajstić information content (AvgIpc) is 2.85. The lowest BCUT2D eigenvalue weighted by Gasteiger charge is -2.32. The number of carbonyl (C=O) groups excluding carboxylic acids is 1. The Bertz CT molecular complexity index is 1170. The maximum absolute atomic E-state index is 11.6. The van der Waals surface area contributed by atoms with Crippen molar-refractivity contribution in [2.75, 3.05) is 31.4 Å². The van der Waals surface area contributed by atoms with Gasteiger partial charge in [-0.05, 0) is 44.0 Å². The largest absolute Gasteiger partial charge is 0.497 e. The molecule has 35 heavy (non-hydrogen) atoms. The minimum Gasteiger partial charge on any atom is -0.497 e. The fraction of sp³-hybridized carbons (Fsp3) is 0.462. The monoisotopic (exact) mass is 480 g/mol. The van der Waals surface area contributed by atoms with Crippen LogP contribution in [0.25, 0.3) is 11.0 Å². The van der Waals surface area contributed by atoms with Crippen molar-refractivity contribution in [3.63, 3.8) is 0 Å². The van der Waals surface area contributed by atoms with Crippen LogP contribution in [0.4, 0.5) is 11.8 Å². The fourth-order valence-electron chi connectivity index (χ4n) is 3.86. The van der Waals surface area contributed by atoms with Crippen molar-refractivity contribution in [2.24, 2.45) is 0 Å². The molecule has 0 fully saturated rings. The van der Waals surface area contributed by atoms with Gasteiger partial charge in [-0.3, -0.25) is 9.78 Å². The number of hydrogen-bond acceptors (Lipinski definition) is 8. The molecule has 2 heterocycles. The Balaban J connectivity index is 1.95. The van der Waals surface area contributed by atoms with E-state index in [0.717, 1.165) is 47.4 Å². The predicted octanol–water partition coefficient (Wildman–Crippen LogP) is 4.46. The molecule has 3 rings (SSSR count). The number of carbonyl (C=O) groups is 1. The third kappa shape index (κ3) is 6.71. The second-order valence-electron chi connectivity index (χ2n) is 8.95. The minimum atomic E-state index is -0.398. The number of methoxy groups -OCH3 is 2. The molecule has 9 heteroatoms. The van der Waals surface area contributed by atoms with Crippen LogP contribution in [0.15, 0.2) is 30.5 Å². The van der Waals surface area contributed by atoms with Crippen molar-refractivity contribution in [3.8, 4) is 11.5 Å². The number of pyridine rings is 1. The van der Waals surface area contributed by atoms with Gasteiger partial charge in [0, 0.05) is 37.8 Å². The standard InChI is InChI=1S/C26H36N6O3/c1-7-8-12-26(4,16-29-18(3)33)32-24-23-22(17(2)11-13-27-23)30-25(31-24)28-15-19-9-10-20(34-5)14-21(19)35-6/h9-11,13-14H,7-8,12,15-16H2,1-6H3,(H,29,33)(H2,28,30,31,32). The number of amides is 1. The highest BCUT2D eigenvalue weighted by atomic mass is 16.5. The molecule has 0 spiro atoms. The lowest BCUT2D eigenvalue weighted by molar-refractivity contribution is -0.119. The summed E-state index contributed by atoms with van der Waals surface area (Å²) in [6.45, 7) is 8.73. The summed E-state index contributed by atoms with van der Waals surface area (Å²) in [6.07, 6.45) is 4.70. The van der Waals surface area contributed by atoms with E-state index in [1.54, 1.807) is 20.4 Å². The second kappa shape index (κ2) is 11.7. The highest BCUT2D eigenvalue weighted by Gasteiger charge is 2.26. The van der Waals surface area contributed by atoms with Crippen LogP contribution in [0.2, 0.25) is 0 Å². The zero-order valence-corrected chi connectivity index (χ0v) is 21.5. The van der Waals surface area contributed by atoms with E-state index in [2.05, 4.69) is 34.8 Å². The number of anilines is 2. The Labute approximate surface area is 207 Å². The quantitative estimate of drug-likeness (QED) is 0.349. The molecule has 3 N–H and O–H groups in total. The number of nitrogens with zero attached hydrogens (tertiary/aromatic N) is 3. The van der Waals surface area contributed by atoms with E-state index < -0.39 is 5.54 Å². The van der Waals surface area contributed by atoms with Crippen molar-refractivity contribution in [3.05, 3.63) is 41.6 Å². The zero-order chi connectivity index (χ0) is 25.4. The molecule has 3 aromatic rings. The van der Waals surface area contributed by atoms with E-state index in [-0.39, 0.29) is 5.91 Å². The molecule has 0 aliphatic carbocycles. The van der Waals surface area contributed by atoms with Crippen LogP contribution in [0.5, 0.6) is 11.5 Å². The molecular formula is C26H36N6O3. The van der Waals surface area contributed by atoms with Crippen LogP contribution in [0.1, 0.15) is 51.2 Å². The van der Waals surface area contributed by atoms with Crippen molar-refractivity contribution in [1.29, 1.82) is 0 Å². The third-order valence-corrected chi connectivity index (χ3v) is 5.95. The number of unbranched alkanes of at least 4 members (excludes halogenated alkanes) is 1. The summed E-state index contributed by atoms with van der Waals surface area (Å²) in [4.78, 5) is 25.7. The van der Waals surface area contributed by atoms with Gasteiger partial charge in [-0.1, -0.05) is 19.8 Å². The zero-order valence-electron chi connectivity index (χ0n) is 21.5. The number of nitrogens with one attached hydrogen (secondary N) is 3. The summed E-state index contributed by atoms with van der Waals surface area (Å²) in [5, 5.41) is 9.87. The first-order valence-electron chi connectivity index (χ1n) is 11.9. The molecule has 1 amide bonds. The first-order valence-corrected chi connectivity index (χ1v) is 11.9. The summed E-state index contributed by atoms with van der Waals surface area (Å²) in [5.41, 5.74) is 3.02. The summed E-state index contributed by atoms with van der Waals surface area (Å²) < 4.78 is 10.8. The summed E-state index contributed by atoms with van der Waals surface area (Å²) >= 11 is 0. The van der Waals surface area contributed by atoms with E-state index in [0.29, 0.717) is 30.4 Å². The van der Waals surface area contributed by atoms with Crippen LogP contribution in [0.3, 0.4) is 0 Å². The maximum atomic E-state index is 11.6. The van der Waals surface area contributed by atoms with Crippen LogP contribution in [-0.4, -0.2) is 47.2 Å². The predicted molar refractivity (Wildman–Crippen MR) is 139 cm³/mol. The van der Waals surface area contributed by atoms with Gasteiger partial charge in [0.15, 0.2) is 5.82 Å². The highest BCUT2D eigenvalue weighted by molar-refractivity contribution is 5.88. The van der Waals surface area contributed by atoms with E-state index in [4.69, 9.17) is 19.4 Å². The average molecular weight is 481 g/mol. The number of hydrogen-bond donors (Lipinski definition) is 3. The Morgan fingerprint density at radius 3 is 2.60 bits per heavy atom. The summed E-state index contributed by atoms with van der Waals surface area (Å²) in [7, 11) is 3.26. The van der Waals surface area contributed by atoms with Gasteiger partial charge in [-0.15, -0.1) is 0 Å². The van der Waals surface area contributed by atoms with Gasteiger partial charge in [0.1, 0.15) is 17.0 Å². The lowest BCUT2D eigenvalue weighted by atomic mass is 9.94. The van der Waals surface area contributed by atoms with Crippen LogP contribution < -0.4 is 25.4 Å². The SMILES string of the molecule is CCCCC(C)(CNC(C)=O)Nc1nc(NCc2ccc(OC)cc2OC)nc2c(C)ccnc12. The van der Waals surface area contributed by atoms with Crippen molar-refractivity contribution in [1.82, 2.24) is 20.3 Å². The van der Waals surface area contributed by atoms with Crippen LogP contribution >= 0.6 is 0 Å². The number of aromatic nitrogens is 3. The van der Waals surface area contributed by atoms with E-state index in [1.807, 2.05) is 31.2 Å². The molecular weight excluding hydrogens is 444 g/mol. The second-order valence-corrected chi connectivity index (χ2v) is 8.95. The van der Waals surface area contributed by atoms with Crippen molar-refractivity contribution >= 4 is 28.7 Å². The topological polar surface area (TPSA) is 110 Å². The normalized spacial score (nSPS) is 12.6. The maximum Gasteiger partial charge on any atom is 0.225 e. The number of aryl methyl sites for hydroxylation is 1. The van der Waals surface area contributed by atoms with E-state index in [1.165, 1.54) is 6.92 Å². The summed E-state index contributed by atoms with van der Waals surface area (Å²) in [5.74, 6) is 2.49. The number of fused-ring (bicyclic) bond motifs is 1. The fourth-order valence-corrected chi connectivity index (χ4v) is 3.86. The lowest BCUT2D eigenvalue weighted by Crippen LogP contribution is -2.46. The molecule has 2 aromatic heterocycles. The first kappa shape index (κ1) is 26.0. The highest BCUT2D eigenvalue weighted by Crippen LogP contribution is 2.28. The van der Waals surface area contributed by atoms with Crippen LogP contribution in [-0.2, 0) is 11.3 Å². The number of rotatable bonds is 12. The molecule has 0 radical (unpaired) electrons. The van der Waals surface area contributed by atoms with Gasteiger partial charge >= 0.3 is 0 Å². The smallest absolute Gasteiger partial charge is 0.225 e. The molecule has 1 aromatic carbocycles. The van der Waals surface area contributed by atoms with Gasteiger partial charge in [0.25, 0.3) is 0 Å². The van der Waals surface area contributed by atoms with Crippen LogP contribution in [0, 0.1) is 6.92 Å². The number of ether oxygens (including phenoxy) is 2. The number of benzene rings is 1. The molecule has 0 bridgehead atoms. The molecule has 1 atom stereocenters. The molecule has 188 valence electrons. The third-order valence-electron chi connectivity index (χ3n) is 5.95. The molecule has 0 saturated heterocycles. The molecule has 0 aliphatic rings. The van der Waals surface area contributed by atoms with Gasteiger partial charge in [0.05, 0.1) is 25.3 Å². The van der Waals surface area contributed by atoms with Gasteiger partial charge in [0.2, 0.25) is 11.9 Å². The molecule has 1 unspecified atom stereocenters. The Hall–Kier alpha value is -3.62. The van der Waals surface area contributed by atoms with E-state index >= 15 is 0 Å². The van der Waals surface area contributed by atoms with Gasteiger partial charge in [-0.2, -0.15) is 4.98 Å². The summed E-state index contributed by atoms with van der Waals surface area (Å²) in [6, 6.07) is 7.62. The molecule has 9 nitrogen and oxygen atoms in total. The van der Waals surface area contributed by atoms with E-state index in [9.17, 15) is 4.79 Å². The Morgan fingerprint density at radius 1 is 1.11 bits per heavy atom. The van der Waals surface area contributed by atoms with Crippen molar-refractivity contribution in [2.45, 2.75) is 59.0 Å². The first-order chi connectivity index (χ1) is 16.8. The Kier molecular flexibility index (Phi) is 8.68. The minimum absolute atomic E-state index is 0.0631. The Morgan fingerprint density at radius 2 is 1.91 bits per heavy atom. The molecule has 0 aliphatic heterocycles.